The van der Waals surface area contributed by atoms with Gasteiger partial charge >= 0.3 is 5.97 Å². The fourth-order valence-electron chi connectivity index (χ4n) is 1.50. The smallest absolute Gasteiger partial charge is 0.331 e. The van der Waals surface area contributed by atoms with Crippen LogP contribution in [-0.2, 0) is 10.3 Å². The highest BCUT2D eigenvalue weighted by Gasteiger charge is 2.34. The second-order valence-electron chi connectivity index (χ2n) is 4.38. The minimum absolute atomic E-state index is 0.149. The van der Waals surface area contributed by atoms with Crippen molar-refractivity contribution >= 4 is 5.97 Å². The number of rotatable bonds is 3. The molecule has 0 bridgehead atoms. The van der Waals surface area contributed by atoms with Crippen LogP contribution in [0.25, 0.3) is 11.4 Å². The molecule has 0 fully saturated rings. The average Bonchev–Trinajstić information content (AvgIpc) is 2.82. The molecule has 0 saturated heterocycles. The van der Waals surface area contributed by atoms with Crippen molar-refractivity contribution in [1.82, 2.24) is 20.2 Å². The fraction of sp³-hybridized carbons (Fsp3) is 0.273. The second kappa shape index (κ2) is 4.38. The zero-order valence-electron chi connectivity index (χ0n) is 10.1. The second-order valence-corrected chi connectivity index (χ2v) is 4.38. The molecule has 1 aromatic carbocycles. The van der Waals surface area contributed by atoms with Crippen molar-refractivity contribution in [2.75, 3.05) is 0 Å². The van der Waals surface area contributed by atoms with Gasteiger partial charge < -0.3 is 5.11 Å². The lowest BCUT2D eigenvalue weighted by Crippen LogP contribution is -2.37. The van der Waals surface area contributed by atoms with Crippen LogP contribution in [0.15, 0.2) is 18.2 Å². The van der Waals surface area contributed by atoms with Gasteiger partial charge in [-0.3, -0.25) is 0 Å². The van der Waals surface area contributed by atoms with Crippen molar-refractivity contribution in [3.8, 4) is 11.4 Å². The summed E-state index contributed by atoms with van der Waals surface area (Å²) in [5, 5.41) is 19.6. The van der Waals surface area contributed by atoms with Crippen LogP contribution in [-0.4, -0.2) is 31.3 Å². The number of carboxylic acid groups (broad SMARTS) is 1. The van der Waals surface area contributed by atoms with Gasteiger partial charge in [-0.2, -0.15) is 0 Å². The molecule has 0 saturated carbocycles. The molecule has 8 heteroatoms. The molecule has 1 N–H and O–H groups in total. The topological polar surface area (TPSA) is 80.9 Å². The number of aromatic nitrogens is 4. The van der Waals surface area contributed by atoms with Crippen molar-refractivity contribution < 1.29 is 18.7 Å². The largest absolute Gasteiger partial charge is 0.479 e. The summed E-state index contributed by atoms with van der Waals surface area (Å²) in [5.41, 5.74) is -1.68. The first-order valence-corrected chi connectivity index (χ1v) is 5.32. The predicted octanol–water partition coefficient (Wildman–Crippen LogP) is 1.44. The van der Waals surface area contributed by atoms with Gasteiger partial charge in [0.1, 0.15) is 0 Å². The van der Waals surface area contributed by atoms with Gasteiger partial charge in [-0.1, -0.05) is 6.07 Å². The van der Waals surface area contributed by atoms with E-state index in [9.17, 15) is 13.6 Å². The molecule has 0 amide bonds. The normalized spacial score (nSPS) is 11.6. The third kappa shape index (κ3) is 2.05. The molecule has 1 aromatic heterocycles. The maximum Gasteiger partial charge on any atom is 0.331 e. The lowest BCUT2D eigenvalue weighted by molar-refractivity contribution is -0.146. The Morgan fingerprint density at radius 2 is 2.05 bits per heavy atom. The molecule has 6 nitrogen and oxygen atoms in total. The summed E-state index contributed by atoms with van der Waals surface area (Å²) in [6.45, 7) is 2.71. The molecule has 0 aliphatic carbocycles. The van der Waals surface area contributed by atoms with Gasteiger partial charge in [-0.25, -0.2) is 18.3 Å². The number of carbonyl (C=O) groups is 1. The Labute approximate surface area is 106 Å². The lowest BCUT2D eigenvalue weighted by Gasteiger charge is -2.20. The third-order valence-electron chi connectivity index (χ3n) is 2.71. The van der Waals surface area contributed by atoms with Gasteiger partial charge in [0, 0.05) is 0 Å². The molecule has 0 aliphatic rings. The van der Waals surface area contributed by atoms with Gasteiger partial charge in [0.15, 0.2) is 23.0 Å². The minimum Gasteiger partial charge on any atom is -0.479 e. The van der Waals surface area contributed by atoms with E-state index in [-0.39, 0.29) is 11.4 Å². The van der Waals surface area contributed by atoms with Crippen LogP contribution in [0, 0.1) is 11.6 Å². The first-order chi connectivity index (χ1) is 8.85. The number of halogens is 2. The SMILES string of the molecule is CC(C)(C(=O)O)n1nnnc1-c1cccc(F)c1F. The van der Waals surface area contributed by atoms with Crippen molar-refractivity contribution in [1.29, 1.82) is 0 Å². The van der Waals surface area contributed by atoms with Crippen LogP contribution >= 0.6 is 0 Å². The Morgan fingerprint density at radius 1 is 1.37 bits per heavy atom. The third-order valence-corrected chi connectivity index (χ3v) is 2.71. The van der Waals surface area contributed by atoms with Crippen molar-refractivity contribution in [2.45, 2.75) is 19.4 Å². The molecule has 2 aromatic rings. The van der Waals surface area contributed by atoms with E-state index in [2.05, 4.69) is 15.5 Å². The summed E-state index contributed by atoms with van der Waals surface area (Å²) in [4.78, 5) is 11.2. The van der Waals surface area contributed by atoms with E-state index in [4.69, 9.17) is 5.11 Å². The summed E-state index contributed by atoms with van der Waals surface area (Å²) in [5.74, 6) is -3.53. The van der Waals surface area contributed by atoms with Crippen LogP contribution in [0.5, 0.6) is 0 Å². The zero-order valence-corrected chi connectivity index (χ0v) is 10.1. The number of carboxylic acids is 1. The molecule has 0 atom stereocenters. The van der Waals surface area contributed by atoms with Gasteiger partial charge in [-0.15, -0.1) is 5.10 Å². The molecular formula is C11H10F2N4O2. The zero-order chi connectivity index (χ0) is 14.2. The molecule has 0 aliphatic heterocycles. The van der Waals surface area contributed by atoms with E-state index in [1.54, 1.807) is 0 Å². The summed E-state index contributed by atoms with van der Waals surface area (Å²) in [6.07, 6.45) is 0. The van der Waals surface area contributed by atoms with E-state index in [1.807, 2.05) is 0 Å². The maximum atomic E-state index is 13.7. The van der Waals surface area contributed by atoms with E-state index < -0.39 is 23.1 Å². The highest BCUT2D eigenvalue weighted by atomic mass is 19.2. The Kier molecular flexibility index (Phi) is 3.01. The number of aliphatic carboxylic acids is 1. The van der Waals surface area contributed by atoms with Crippen LogP contribution < -0.4 is 0 Å². The molecule has 0 radical (unpaired) electrons. The van der Waals surface area contributed by atoms with Crippen molar-refractivity contribution in [2.24, 2.45) is 0 Å². The number of hydrogen-bond donors (Lipinski definition) is 1. The van der Waals surface area contributed by atoms with E-state index in [1.165, 1.54) is 26.0 Å². The Bertz CT molecular complexity index is 639. The molecule has 100 valence electrons. The number of hydrogen-bond acceptors (Lipinski definition) is 4. The lowest BCUT2D eigenvalue weighted by atomic mass is 10.1. The van der Waals surface area contributed by atoms with Gasteiger partial charge in [0.25, 0.3) is 0 Å². The average molecular weight is 268 g/mol. The summed E-state index contributed by atoms with van der Waals surface area (Å²) >= 11 is 0. The molecule has 0 spiro atoms. The number of nitrogens with zero attached hydrogens (tertiary/aromatic N) is 4. The molecule has 0 unspecified atom stereocenters. The predicted molar refractivity (Wildman–Crippen MR) is 60.1 cm³/mol. The first-order valence-electron chi connectivity index (χ1n) is 5.32. The molecule has 19 heavy (non-hydrogen) atoms. The quantitative estimate of drug-likeness (QED) is 0.910. The van der Waals surface area contributed by atoms with Crippen LogP contribution in [0.4, 0.5) is 8.78 Å². The number of benzene rings is 1. The van der Waals surface area contributed by atoms with Crippen molar-refractivity contribution in [3.63, 3.8) is 0 Å². The van der Waals surface area contributed by atoms with E-state index in [0.717, 1.165) is 10.7 Å². The van der Waals surface area contributed by atoms with Gasteiger partial charge in [-0.05, 0) is 36.4 Å². The maximum absolute atomic E-state index is 13.7. The van der Waals surface area contributed by atoms with E-state index in [0.29, 0.717) is 0 Å². The Hall–Kier alpha value is -2.38. The highest BCUT2D eigenvalue weighted by molar-refractivity contribution is 5.76. The van der Waals surface area contributed by atoms with E-state index >= 15 is 0 Å². The Morgan fingerprint density at radius 3 is 2.68 bits per heavy atom. The van der Waals surface area contributed by atoms with Crippen molar-refractivity contribution in [3.05, 3.63) is 29.8 Å². The van der Waals surface area contributed by atoms with Crippen LogP contribution in [0.2, 0.25) is 0 Å². The minimum atomic E-state index is -1.49. The Balaban J connectivity index is 2.63. The standard InChI is InChI=1S/C11H10F2N4O2/c1-11(2,10(18)19)17-9(14-15-16-17)6-4-3-5-7(12)8(6)13/h3-5H,1-2H3,(H,18,19). The molecule has 2 rings (SSSR count). The highest BCUT2D eigenvalue weighted by Crippen LogP contribution is 2.26. The monoisotopic (exact) mass is 268 g/mol. The summed E-state index contributed by atoms with van der Waals surface area (Å²) in [6, 6.07) is 3.52. The first kappa shape index (κ1) is 13.1. The summed E-state index contributed by atoms with van der Waals surface area (Å²) in [7, 11) is 0. The summed E-state index contributed by atoms with van der Waals surface area (Å²) < 4.78 is 27.8. The number of tetrazole rings is 1. The van der Waals surface area contributed by atoms with Crippen LogP contribution in [0.1, 0.15) is 13.8 Å². The molecular weight excluding hydrogens is 258 g/mol. The van der Waals surface area contributed by atoms with Gasteiger partial charge in [0.2, 0.25) is 0 Å². The molecule has 1 heterocycles. The van der Waals surface area contributed by atoms with Gasteiger partial charge in [0.05, 0.1) is 5.56 Å². The van der Waals surface area contributed by atoms with Crippen LogP contribution in [0.3, 0.4) is 0 Å². The fourth-order valence-corrected chi connectivity index (χ4v) is 1.50.